The minimum Gasteiger partial charge on any atom is -0.355 e. The molecule has 152 valence electrons. The van der Waals surface area contributed by atoms with Gasteiger partial charge in [-0.2, -0.15) is 0 Å². The predicted molar refractivity (Wildman–Crippen MR) is 116 cm³/mol. The number of aryl methyl sites for hydroxylation is 1. The summed E-state index contributed by atoms with van der Waals surface area (Å²) in [7, 11) is 4.40. The van der Waals surface area contributed by atoms with Gasteiger partial charge in [0.1, 0.15) is 11.5 Å². The van der Waals surface area contributed by atoms with Crippen LogP contribution < -0.4 is 4.90 Å². The number of nitrogens with zero attached hydrogens (tertiary/aromatic N) is 6. The molecular weight excluding hydrogens is 360 g/mol. The Balaban J connectivity index is 1.38. The highest BCUT2D eigenvalue weighted by atomic mass is 15.3. The fourth-order valence-corrected chi connectivity index (χ4v) is 4.80. The zero-order chi connectivity index (χ0) is 19.8. The highest BCUT2D eigenvalue weighted by Crippen LogP contribution is 2.32. The molecule has 0 amide bonds. The number of rotatable bonds is 4. The monoisotopic (exact) mass is 390 g/mol. The van der Waals surface area contributed by atoms with Crippen molar-refractivity contribution >= 4 is 11.5 Å². The van der Waals surface area contributed by atoms with Gasteiger partial charge >= 0.3 is 0 Å². The van der Waals surface area contributed by atoms with Crippen molar-refractivity contribution < 1.29 is 0 Å². The molecule has 0 saturated carbocycles. The molecule has 29 heavy (non-hydrogen) atoms. The molecule has 0 bridgehead atoms. The first kappa shape index (κ1) is 18.6. The molecule has 0 N–H and O–H groups in total. The van der Waals surface area contributed by atoms with Crippen LogP contribution in [0.15, 0.2) is 42.7 Å². The molecule has 1 atom stereocenters. The first-order valence-electron chi connectivity index (χ1n) is 10.7. The third-order valence-corrected chi connectivity index (χ3v) is 6.46. The van der Waals surface area contributed by atoms with Gasteiger partial charge in [0.2, 0.25) is 0 Å². The highest BCUT2D eigenvalue weighted by Gasteiger charge is 2.25. The Morgan fingerprint density at radius 3 is 2.83 bits per heavy atom. The Hall–Kier alpha value is -2.44. The summed E-state index contributed by atoms with van der Waals surface area (Å²) in [5, 5.41) is 0. The first-order chi connectivity index (χ1) is 14.2. The van der Waals surface area contributed by atoms with Crippen molar-refractivity contribution in [3.8, 4) is 0 Å². The number of anilines is 1. The van der Waals surface area contributed by atoms with Gasteiger partial charge in [-0.15, -0.1) is 0 Å². The molecule has 1 saturated heterocycles. The second kappa shape index (κ2) is 7.76. The molecule has 1 aliphatic carbocycles. The summed E-state index contributed by atoms with van der Waals surface area (Å²) < 4.78 is 2.27. The van der Waals surface area contributed by atoms with E-state index in [0.717, 1.165) is 50.5 Å². The van der Waals surface area contributed by atoms with Crippen LogP contribution in [0.2, 0.25) is 0 Å². The number of pyridine rings is 2. The maximum atomic E-state index is 4.94. The van der Waals surface area contributed by atoms with E-state index in [1.54, 1.807) is 0 Å². The van der Waals surface area contributed by atoms with Crippen LogP contribution in [0.5, 0.6) is 0 Å². The van der Waals surface area contributed by atoms with Gasteiger partial charge in [0.25, 0.3) is 0 Å². The number of imidazole rings is 1. The lowest BCUT2D eigenvalue weighted by Gasteiger charge is -2.34. The van der Waals surface area contributed by atoms with Gasteiger partial charge in [0.05, 0.1) is 17.4 Å². The van der Waals surface area contributed by atoms with E-state index in [0.29, 0.717) is 6.04 Å². The number of aromatic nitrogens is 3. The van der Waals surface area contributed by atoms with Crippen molar-refractivity contribution in [1.82, 2.24) is 24.2 Å². The number of likely N-dealkylation sites (N-methyl/N-ethyl adjacent to an activating group) is 1. The molecule has 6 heteroatoms. The number of hydrogen-bond donors (Lipinski definition) is 0. The van der Waals surface area contributed by atoms with Gasteiger partial charge in [0.15, 0.2) is 0 Å². The third-order valence-electron chi connectivity index (χ3n) is 6.46. The van der Waals surface area contributed by atoms with Crippen LogP contribution in [0.25, 0.3) is 5.65 Å². The van der Waals surface area contributed by atoms with Crippen LogP contribution >= 0.6 is 0 Å². The molecule has 0 radical (unpaired) electrons. The van der Waals surface area contributed by atoms with Crippen molar-refractivity contribution in [2.45, 2.75) is 31.8 Å². The van der Waals surface area contributed by atoms with Crippen LogP contribution in [0, 0.1) is 0 Å². The SMILES string of the molecule is CN1CCN(c2cccc3nc(CN(C)[C@H]4CCCc5cccnc54)cn23)CC1. The standard InChI is InChI=1S/C23H30N6/c1-26-12-14-28(15-13-26)22-10-4-9-21-25-19(17-29(21)22)16-27(2)20-8-3-6-18-7-5-11-24-23(18)20/h4-5,7,9-11,17,20H,3,6,8,12-16H2,1-2H3/t20-/m0/s1. The summed E-state index contributed by atoms with van der Waals surface area (Å²) in [4.78, 5) is 16.9. The summed E-state index contributed by atoms with van der Waals surface area (Å²) in [6.07, 6.45) is 7.70. The van der Waals surface area contributed by atoms with Crippen LogP contribution in [-0.4, -0.2) is 64.4 Å². The summed E-state index contributed by atoms with van der Waals surface area (Å²) in [5.41, 5.74) is 4.82. The summed E-state index contributed by atoms with van der Waals surface area (Å²) in [6, 6.07) is 11.1. The van der Waals surface area contributed by atoms with E-state index in [4.69, 9.17) is 9.97 Å². The van der Waals surface area contributed by atoms with E-state index in [1.165, 1.54) is 29.9 Å². The van der Waals surface area contributed by atoms with Crippen LogP contribution in [0.1, 0.15) is 35.8 Å². The molecule has 4 heterocycles. The maximum Gasteiger partial charge on any atom is 0.138 e. The number of piperazine rings is 1. The van der Waals surface area contributed by atoms with E-state index >= 15 is 0 Å². The zero-order valence-electron chi connectivity index (χ0n) is 17.5. The lowest BCUT2D eigenvalue weighted by Crippen LogP contribution is -2.45. The fourth-order valence-electron chi connectivity index (χ4n) is 4.80. The first-order valence-corrected chi connectivity index (χ1v) is 10.7. The van der Waals surface area contributed by atoms with Gasteiger partial charge in [-0.3, -0.25) is 14.3 Å². The average Bonchev–Trinajstić information content (AvgIpc) is 3.16. The maximum absolute atomic E-state index is 4.94. The predicted octanol–water partition coefficient (Wildman–Crippen LogP) is 2.99. The Morgan fingerprint density at radius 1 is 1.10 bits per heavy atom. The van der Waals surface area contributed by atoms with E-state index in [-0.39, 0.29) is 0 Å². The Kier molecular flexibility index (Phi) is 4.97. The quantitative estimate of drug-likeness (QED) is 0.685. The van der Waals surface area contributed by atoms with Gasteiger partial charge in [-0.25, -0.2) is 4.98 Å². The van der Waals surface area contributed by atoms with E-state index < -0.39 is 0 Å². The average molecular weight is 391 g/mol. The van der Waals surface area contributed by atoms with Gasteiger partial charge in [0, 0.05) is 45.1 Å². The largest absolute Gasteiger partial charge is 0.355 e. The summed E-state index contributed by atoms with van der Waals surface area (Å²) >= 11 is 0. The Labute approximate surface area is 172 Å². The molecule has 5 rings (SSSR count). The van der Waals surface area contributed by atoms with Crippen LogP contribution in [0.3, 0.4) is 0 Å². The third kappa shape index (κ3) is 3.63. The fraction of sp³-hybridized carbons (Fsp3) is 0.478. The smallest absolute Gasteiger partial charge is 0.138 e. The zero-order valence-corrected chi connectivity index (χ0v) is 17.5. The molecule has 6 nitrogen and oxygen atoms in total. The minimum absolute atomic E-state index is 0.377. The van der Waals surface area contributed by atoms with Crippen molar-refractivity contribution in [2.24, 2.45) is 0 Å². The normalized spacial score (nSPS) is 20.4. The van der Waals surface area contributed by atoms with E-state index in [9.17, 15) is 0 Å². The Bertz CT molecular complexity index is 988. The molecule has 0 spiro atoms. The van der Waals surface area contributed by atoms with Gasteiger partial charge in [-0.1, -0.05) is 12.1 Å². The van der Waals surface area contributed by atoms with Gasteiger partial charge in [-0.05, 0) is 57.1 Å². The molecule has 3 aromatic heterocycles. The molecule has 3 aromatic rings. The molecule has 1 aliphatic heterocycles. The Morgan fingerprint density at radius 2 is 1.97 bits per heavy atom. The van der Waals surface area contributed by atoms with Crippen LogP contribution in [-0.2, 0) is 13.0 Å². The van der Waals surface area contributed by atoms with Crippen LogP contribution in [0.4, 0.5) is 5.82 Å². The molecule has 1 fully saturated rings. The van der Waals surface area contributed by atoms with Crippen molar-refractivity contribution in [3.05, 3.63) is 59.7 Å². The molecule has 2 aliphatic rings. The lowest BCUT2D eigenvalue weighted by molar-refractivity contribution is 0.206. The van der Waals surface area contributed by atoms with E-state index in [1.807, 2.05) is 6.20 Å². The summed E-state index contributed by atoms with van der Waals surface area (Å²) in [6.45, 7) is 5.18. The second-order valence-corrected chi connectivity index (χ2v) is 8.51. The van der Waals surface area contributed by atoms with Crippen molar-refractivity contribution in [3.63, 3.8) is 0 Å². The number of hydrogen-bond acceptors (Lipinski definition) is 5. The van der Waals surface area contributed by atoms with E-state index in [2.05, 4.69) is 69.7 Å². The lowest BCUT2D eigenvalue weighted by atomic mass is 9.91. The van der Waals surface area contributed by atoms with Crippen molar-refractivity contribution in [1.29, 1.82) is 0 Å². The van der Waals surface area contributed by atoms with Crippen molar-refractivity contribution in [2.75, 3.05) is 45.2 Å². The summed E-state index contributed by atoms with van der Waals surface area (Å²) in [5.74, 6) is 1.25. The minimum atomic E-state index is 0.377. The number of fused-ring (bicyclic) bond motifs is 2. The molecule has 0 unspecified atom stereocenters. The highest BCUT2D eigenvalue weighted by molar-refractivity contribution is 5.53. The van der Waals surface area contributed by atoms with Gasteiger partial charge < -0.3 is 9.80 Å². The molecule has 0 aromatic carbocycles. The second-order valence-electron chi connectivity index (χ2n) is 8.51. The topological polar surface area (TPSA) is 39.9 Å². The molecular formula is C23H30N6.